The molecule has 5 heteroatoms. The standard InChI is InChI=1S/C21H22N4O/c1-15(2)20(26)24-18(16-9-5-3-6-10-16)13-19(17-11-7-4-8-12-17)25-21(24)22-14-23-25/h3-12,14-15,18-19H,13H2,1-2H3/t18-,19-/m1/s1. The Labute approximate surface area is 153 Å². The summed E-state index contributed by atoms with van der Waals surface area (Å²) in [5.74, 6) is 0.580. The van der Waals surface area contributed by atoms with Gasteiger partial charge in [-0.3, -0.25) is 9.69 Å². The van der Waals surface area contributed by atoms with Gasteiger partial charge in [0.15, 0.2) is 0 Å². The van der Waals surface area contributed by atoms with Gasteiger partial charge in [-0.05, 0) is 17.5 Å². The van der Waals surface area contributed by atoms with Crippen LogP contribution in [0.4, 0.5) is 5.95 Å². The van der Waals surface area contributed by atoms with Crippen LogP contribution >= 0.6 is 0 Å². The van der Waals surface area contributed by atoms with Crippen LogP contribution in [-0.2, 0) is 4.79 Å². The van der Waals surface area contributed by atoms with Crippen LogP contribution in [0.1, 0.15) is 43.5 Å². The van der Waals surface area contributed by atoms with E-state index in [0.29, 0.717) is 5.95 Å². The highest BCUT2D eigenvalue weighted by Crippen LogP contribution is 2.42. The molecule has 0 aliphatic carbocycles. The van der Waals surface area contributed by atoms with E-state index in [4.69, 9.17) is 0 Å². The lowest BCUT2D eigenvalue weighted by molar-refractivity contribution is -0.122. The third kappa shape index (κ3) is 2.79. The minimum absolute atomic E-state index is 0.0510. The van der Waals surface area contributed by atoms with Gasteiger partial charge in [0.1, 0.15) is 6.33 Å². The molecule has 2 heterocycles. The normalized spacial score (nSPS) is 19.4. The molecular formula is C21H22N4O. The summed E-state index contributed by atoms with van der Waals surface area (Å²) in [6, 6.07) is 20.5. The number of aromatic nitrogens is 3. The number of amides is 1. The monoisotopic (exact) mass is 346 g/mol. The molecular weight excluding hydrogens is 324 g/mol. The third-order valence-corrected chi connectivity index (χ3v) is 4.92. The molecule has 0 saturated carbocycles. The highest BCUT2D eigenvalue weighted by Gasteiger charge is 2.39. The molecule has 5 nitrogen and oxygen atoms in total. The van der Waals surface area contributed by atoms with Gasteiger partial charge in [0.05, 0.1) is 12.1 Å². The van der Waals surface area contributed by atoms with E-state index in [9.17, 15) is 4.79 Å². The number of benzene rings is 2. The first-order valence-corrected chi connectivity index (χ1v) is 8.99. The Hall–Kier alpha value is -2.95. The second kappa shape index (κ2) is 6.75. The van der Waals surface area contributed by atoms with Crippen LogP contribution in [0.2, 0.25) is 0 Å². The first-order valence-electron chi connectivity index (χ1n) is 8.99. The molecule has 1 amide bonds. The van der Waals surface area contributed by atoms with Crippen molar-refractivity contribution < 1.29 is 4.79 Å². The van der Waals surface area contributed by atoms with Crippen molar-refractivity contribution in [1.82, 2.24) is 14.8 Å². The lowest BCUT2D eigenvalue weighted by Gasteiger charge is -2.39. The number of hydrogen-bond donors (Lipinski definition) is 0. The first-order chi connectivity index (χ1) is 12.7. The van der Waals surface area contributed by atoms with Gasteiger partial charge in [-0.25, -0.2) is 4.68 Å². The van der Waals surface area contributed by atoms with E-state index in [1.54, 1.807) is 6.33 Å². The van der Waals surface area contributed by atoms with Crippen LogP contribution in [0.15, 0.2) is 67.0 Å². The SMILES string of the molecule is CC(C)C(=O)N1c2ncnn2[C@@H](c2ccccc2)C[C@@H]1c1ccccc1. The Balaban J connectivity index is 1.85. The molecule has 2 aromatic carbocycles. The molecule has 1 aliphatic rings. The van der Waals surface area contributed by atoms with Gasteiger partial charge in [-0.15, -0.1) is 0 Å². The van der Waals surface area contributed by atoms with E-state index in [1.807, 2.05) is 59.8 Å². The van der Waals surface area contributed by atoms with E-state index in [2.05, 4.69) is 34.3 Å². The highest BCUT2D eigenvalue weighted by molar-refractivity contribution is 5.94. The van der Waals surface area contributed by atoms with Gasteiger partial charge in [-0.2, -0.15) is 10.1 Å². The molecule has 2 atom stereocenters. The maximum Gasteiger partial charge on any atom is 0.232 e. The molecule has 0 radical (unpaired) electrons. The van der Waals surface area contributed by atoms with E-state index < -0.39 is 0 Å². The minimum atomic E-state index is -0.111. The van der Waals surface area contributed by atoms with Crippen LogP contribution in [0, 0.1) is 5.92 Å². The molecule has 0 spiro atoms. The molecule has 1 aromatic heterocycles. The second-order valence-corrected chi connectivity index (χ2v) is 6.96. The van der Waals surface area contributed by atoms with E-state index in [-0.39, 0.29) is 23.9 Å². The van der Waals surface area contributed by atoms with Crippen LogP contribution in [-0.4, -0.2) is 20.7 Å². The fraction of sp³-hybridized carbons (Fsp3) is 0.286. The number of carbonyl (C=O) groups excluding carboxylic acids is 1. The van der Waals surface area contributed by atoms with Crippen molar-refractivity contribution in [2.24, 2.45) is 5.92 Å². The average molecular weight is 346 g/mol. The zero-order valence-corrected chi connectivity index (χ0v) is 15.0. The molecule has 0 saturated heterocycles. The molecule has 0 bridgehead atoms. The first kappa shape index (κ1) is 16.5. The predicted molar refractivity (Wildman–Crippen MR) is 101 cm³/mol. The van der Waals surface area contributed by atoms with Crippen LogP contribution in [0.25, 0.3) is 0 Å². The Morgan fingerprint density at radius 1 is 0.962 bits per heavy atom. The number of hydrogen-bond acceptors (Lipinski definition) is 3. The van der Waals surface area contributed by atoms with Gasteiger partial charge >= 0.3 is 0 Å². The summed E-state index contributed by atoms with van der Waals surface area (Å²) in [6.07, 6.45) is 2.31. The predicted octanol–water partition coefficient (Wildman–Crippen LogP) is 4.00. The van der Waals surface area contributed by atoms with E-state index >= 15 is 0 Å². The van der Waals surface area contributed by atoms with E-state index in [0.717, 1.165) is 12.0 Å². The van der Waals surface area contributed by atoms with Crippen molar-refractivity contribution in [1.29, 1.82) is 0 Å². The summed E-state index contributed by atoms with van der Waals surface area (Å²) in [7, 11) is 0. The summed E-state index contributed by atoms with van der Waals surface area (Å²) >= 11 is 0. The fourth-order valence-corrected chi connectivity index (χ4v) is 3.64. The molecule has 0 unspecified atom stereocenters. The number of anilines is 1. The summed E-state index contributed by atoms with van der Waals surface area (Å²) in [5.41, 5.74) is 2.30. The van der Waals surface area contributed by atoms with Crippen molar-refractivity contribution in [3.05, 3.63) is 78.1 Å². The Morgan fingerprint density at radius 3 is 2.12 bits per heavy atom. The summed E-state index contributed by atoms with van der Waals surface area (Å²) in [5, 5.41) is 4.45. The van der Waals surface area contributed by atoms with Gasteiger partial charge < -0.3 is 0 Å². The zero-order chi connectivity index (χ0) is 18.1. The maximum atomic E-state index is 13.0. The lowest BCUT2D eigenvalue weighted by atomic mass is 9.91. The number of nitrogens with zero attached hydrogens (tertiary/aromatic N) is 4. The molecule has 1 aliphatic heterocycles. The molecule has 0 fully saturated rings. The lowest BCUT2D eigenvalue weighted by Crippen LogP contribution is -2.44. The number of rotatable bonds is 3. The third-order valence-electron chi connectivity index (χ3n) is 4.92. The second-order valence-electron chi connectivity index (χ2n) is 6.96. The van der Waals surface area contributed by atoms with Crippen molar-refractivity contribution in [3.8, 4) is 0 Å². The van der Waals surface area contributed by atoms with Crippen molar-refractivity contribution in [2.75, 3.05) is 4.90 Å². The van der Waals surface area contributed by atoms with Crippen LogP contribution in [0.3, 0.4) is 0 Å². The van der Waals surface area contributed by atoms with Gasteiger partial charge in [0, 0.05) is 5.92 Å². The maximum absolute atomic E-state index is 13.0. The Morgan fingerprint density at radius 2 is 1.54 bits per heavy atom. The Kier molecular flexibility index (Phi) is 4.29. The fourth-order valence-electron chi connectivity index (χ4n) is 3.64. The van der Waals surface area contributed by atoms with Gasteiger partial charge in [-0.1, -0.05) is 74.5 Å². The summed E-state index contributed by atoms with van der Waals surface area (Å²) < 4.78 is 1.88. The Bertz CT molecular complexity index is 889. The quantitative estimate of drug-likeness (QED) is 0.720. The summed E-state index contributed by atoms with van der Waals surface area (Å²) in [6.45, 7) is 3.85. The number of carbonyl (C=O) groups is 1. The van der Waals surface area contributed by atoms with Crippen molar-refractivity contribution >= 4 is 11.9 Å². The van der Waals surface area contributed by atoms with E-state index in [1.165, 1.54) is 5.56 Å². The van der Waals surface area contributed by atoms with Crippen molar-refractivity contribution in [2.45, 2.75) is 32.4 Å². The average Bonchev–Trinajstić information content (AvgIpc) is 3.17. The molecule has 26 heavy (non-hydrogen) atoms. The molecule has 4 rings (SSSR count). The van der Waals surface area contributed by atoms with Gasteiger partial charge in [0.2, 0.25) is 11.9 Å². The summed E-state index contributed by atoms with van der Waals surface area (Å²) in [4.78, 5) is 19.3. The highest BCUT2D eigenvalue weighted by atomic mass is 16.2. The van der Waals surface area contributed by atoms with Gasteiger partial charge in [0.25, 0.3) is 0 Å². The van der Waals surface area contributed by atoms with Crippen molar-refractivity contribution in [3.63, 3.8) is 0 Å². The van der Waals surface area contributed by atoms with Crippen LogP contribution < -0.4 is 4.90 Å². The van der Waals surface area contributed by atoms with Crippen LogP contribution in [0.5, 0.6) is 0 Å². The molecule has 3 aromatic rings. The largest absolute Gasteiger partial charge is 0.274 e. The topological polar surface area (TPSA) is 51.0 Å². The number of fused-ring (bicyclic) bond motifs is 1. The minimum Gasteiger partial charge on any atom is -0.274 e. The smallest absolute Gasteiger partial charge is 0.232 e. The molecule has 132 valence electrons. The molecule has 0 N–H and O–H groups in total. The zero-order valence-electron chi connectivity index (χ0n) is 15.0.